The fourth-order valence-electron chi connectivity index (χ4n) is 4.50. The van der Waals surface area contributed by atoms with Crippen molar-refractivity contribution in [3.05, 3.63) is 65.0 Å². The molecule has 11 nitrogen and oxygen atoms in total. The van der Waals surface area contributed by atoms with E-state index in [1.54, 1.807) is 41.9 Å². The van der Waals surface area contributed by atoms with Crippen molar-refractivity contribution in [3.8, 4) is 5.75 Å². The first kappa shape index (κ1) is 20.8. The summed E-state index contributed by atoms with van der Waals surface area (Å²) < 4.78 is 11.2. The third kappa shape index (κ3) is 3.24. The third-order valence-corrected chi connectivity index (χ3v) is 6.17. The van der Waals surface area contributed by atoms with E-state index in [0.717, 1.165) is 5.56 Å². The van der Waals surface area contributed by atoms with E-state index >= 15 is 0 Å². The molecule has 4 N–H and O–H groups in total. The highest BCUT2D eigenvalue weighted by atomic mass is 16.5. The van der Waals surface area contributed by atoms with Crippen LogP contribution in [0.4, 0.5) is 4.79 Å². The molecule has 1 fully saturated rings. The Labute approximate surface area is 187 Å². The predicted octanol–water partition coefficient (Wildman–Crippen LogP) is 0.130. The number of amides is 5. The lowest BCUT2D eigenvalue weighted by Gasteiger charge is -2.31. The summed E-state index contributed by atoms with van der Waals surface area (Å²) in [5, 5.41) is 13.7. The number of nitrogens with one attached hydrogen (secondary N) is 3. The predicted molar refractivity (Wildman–Crippen MR) is 111 cm³/mol. The van der Waals surface area contributed by atoms with Crippen molar-refractivity contribution in [3.63, 3.8) is 0 Å². The highest BCUT2D eigenvalue weighted by Crippen LogP contribution is 2.38. The summed E-state index contributed by atoms with van der Waals surface area (Å²) in [7, 11) is 1.51. The molecule has 1 aromatic carbocycles. The monoisotopic (exact) mass is 452 g/mol. The zero-order valence-corrected chi connectivity index (χ0v) is 17.5. The van der Waals surface area contributed by atoms with E-state index in [1.807, 2.05) is 0 Å². The largest absolute Gasteiger partial charge is 0.497 e. The Morgan fingerprint density at radius 2 is 2.15 bits per heavy atom. The summed E-state index contributed by atoms with van der Waals surface area (Å²) >= 11 is 0. The van der Waals surface area contributed by atoms with Gasteiger partial charge in [0.05, 0.1) is 13.7 Å². The van der Waals surface area contributed by atoms with E-state index in [-0.39, 0.29) is 30.3 Å². The number of urea groups is 1. The molecule has 1 aliphatic carbocycles. The molecule has 5 rings (SSSR count). The van der Waals surface area contributed by atoms with Crippen LogP contribution in [0, 0.1) is 5.92 Å². The molecule has 11 heteroatoms. The van der Waals surface area contributed by atoms with Crippen LogP contribution in [0.3, 0.4) is 0 Å². The summed E-state index contributed by atoms with van der Waals surface area (Å²) in [6.45, 7) is 0.104. The van der Waals surface area contributed by atoms with Crippen molar-refractivity contribution in [2.24, 2.45) is 5.92 Å². The topological polar surface area (TPSA) is 146 Å². The molecule has 33 heavy (non-hydrogen) atoms. The Kier molecular flexibility index (Phi) is 4.71. The Balaban J connectivity index is 1.46. The lowest BCUT2D eigenvalue weighted by molar-refractivity contribution is -0.125. The number of carbonyl (C=O) groups excluding carboxylic acids is 4. The quantitative estimate of drug-likeness (QED) is 0.282. The molecule has 0 saturated carbocycles. The summed E-state index contributed by atoms with van der Waals surface area (Å²) in [6.07, 6.45) is 5.85. The van der Waals surface area contributed by atoms with E-state index < -0.39 is 35.4 Å². The van der Waals surface area contributed by atoms with Crippen LogP contribution in [-0.4, -0.2) is 59.2 Å². The fourth-order valence-corrected chi connectivity index (χ4v) is 4.50. The first-order valence-electron chi connectivity index (χ1n) is 10.2. The first-order valence-corrected chi connectivity index (χ1v) is 10.2. The third-order valence-electron chi connectivity index (χ3n) is 6.17. The number of hydrogen-bond acceptors (Lipinski definition) is 7. The van der Waals surface area contributed by atoms with Gasteiger partial charge in [-0.25, -0.2) is 10.3 Å². The van der Waals surface area contributed by atoms with E-state index in [1.165, 1.54) is 18.1 Å². The lowest BCUT2D eigenvalue weighted by atomic mass is 9.91. The van der Waals surface area contributed by atoms with Crippen LogP contribution in [0.15, 0.2) is 53.8 Å². The number of carbonyl (C=O) groups is 4. The summed E-state index contributed by atoms with van der Waals surface area (Å²) in [5.41, 5.74) is 1.43. The van der Waals surface area contributed by atoms with Gasteiger partial charge in [-0.3, -0.25) is 24.9 Å². The van der Waals surface area contributed by atoms with Crippen molar-refractivity contribution in [1.82, 2.24) is 21.0 Å². The molecule has 0 radical (unpaired) electrons. The smallest absolute Gasteiger partial charge is 0.322 e. The van der Waals surface area contributed by atoms with Crippen molar-refractivity contribution >= 4 is 23.8 Å². The number of imide groups is 1. The number of fused-ring (bicyclic) bond motifs is 2. The minimum absolute atomic E-state index is 0.150. The van der Waals surface area contributed by atoms with Gasteiger partial charge < -0.3 is 19.7 Å². The lowest BCUT2D eigenvalue weighted by Crippen LogP contribution is -2.57. The normalized spacial score (nSPS) is 27.2. The first-order chi connectivity index (χ1) is 15.8. The standard InChI is InChI=1S/C22H20N4O7/c1-32-14-4-2-12-9-26(19(28)15(12)8-14)10-22(20(29)23-21(30)24-22)17-7-13-6-11(18(27)25-31)3-5-16(13)33-17/h2-8,13,16,31H,9-10H2,1H3,(H,25,27)(H2,23,24,29,30)/t13?,16?,22-/m0/s1. The van der Waals surface area contributed by atoms with Crippen molar-refractivity contribution in [2.45, 2.75) is 18.2 Å². The number of hydroxylamine groups is 1. The minimum atomic E-state index is -1.63. The average molecular weight is 452 g/mol. The number of methoxy groups -OCH3 is 1. The Hall–Kier alpha value is -4.12. The van der Waals surface area contributed by atoms with E-state index in [9.17, 15) is 19.2 Å². The van der Waals surface area contributed by atoms with Crippen LogP contribution in [0.5, 0.6) is 5.75 Å². The number of rotatable bonds is 5. The van der Waals surface area contributed by atoms with Crippen molar-refractivity contribution in [2.75, 3.05) is 13.7 Å². The van der Waals surface area contributed by atoms with Gasteiger partial charge in [0.1, 0.15) is 17.6 Å². The van der Waals surface area contributed by atoms with Gasteiger partial charge in [-0.05, 0) is 29.8 Å². The van der Waals surface area contributed by atoms with Crippen LogP contribution in [0.2, 0.25) is 0 Å². The van der Waals surface area contributed by atoms with Crippen LogP contribution < -0.4 is 20.9 Å². The molecule has 0 spiro atoms. The molecular formula is C22H20N4O7. The molecule has 4 aliphatic rings. The molecular weight excluding hydrogens is 432 g/mol. The molecule has 2 unspecified atom stereocenters. The second-order valence-electron chi connectivity index (χ2n) is 8.11. The SMILES string of the molecule is COc1ccc2c(c1)C(=O)N(C[C@@]1(C3=CC4C=C(C(=O)NO)C=CC4O3)NC(=O)NC1=O)C2. The molecule has 1 saturated heterocycles. The second kappa shape index (κ2) is 7.48. The van der Waals surface area contributed by atoms with Gasteiger partial charge in [0.2, 0.25) is 0 Å². The molecule has 0 aromatic heterocycles. The molecule has 3 heterocycles. The van der Waals surface area contributed by atoms with Gasteiger partial charge in [0, 0.05) is 23.6 Å². The average Bonchev–Trinajstić information content (AvgIpc) is 3.46. The van der Waals surface area contributed by atoms with Gasteiger partial charge in [0.15, 0.2) is 5.54 Å². The number of benzene rings is 1. The van der Waals surface area contributed by atoms with Crippen molar-refractivity contribution < 1.29 is 33.9 Å². The van der Waals surface area contributed by atoms with Crippen LogP contribution in [-0.2, 0) is 20.9 Å². The van der Waals surface area contributed by atoms with Crippen LogP contribution in [0.25, 0.3) is 0 Å². The molecule has 5 amide bonds. The summed E-state index contributed by atoms with van der Waals surface area (Å²) in [6, 6.07) is 4.48. The van der Waals surface area contributed by atoms with Gasteiger partial charge in [0.25, 0.3) is 17.7 Å². The maximum atomic E-state index is 13.1. The van der Waals surface area contributed by atoms with Gasteiger partial charge in [-0.1, -0.05) is 18.2 Å². The van der Waals surface area contributed by atoms with Crippen molar-refractivity contribution in [1.29, 1.82) is 0 Å². The second-order valence-corrected chi connectivity index (χ2v) is 8.11. The maximum Gasteiger partial charge on any atom is 0.322 e. The summed E-state index contributed by atoms with van der Waals surface area (Å²) in [4.78, 5) is 51.4. The maximum absolute atomic E-state index is 13.1. The summed E-state index contributed by atoms with van der Waals surface area (Å²) in [5.74, 6) is -1.30. The zero-order valence-electron chi connectivity index (χ0n) is 17.5. The minimum Gasteiger partial charge on any atom is -0.497 e. The van der Waals surface area contributed by atoms with Gasteiger partial charge in [-0.15, -0.1) is 0 Å². The Morgan fingerprint density at radius 3 is 2.85 bits per heavy atom. The highest BCUT2D eigenvalue weighted by Gasteiger charge is 2.55. The zero-order chi connectivity index (χ0) is 23.3. The molecule has 0 bridgehead atoms. The Morgan fingerprint density at radius 1 is 1.33 bits per heavy atom. The van der Waals surface area contributed by atoms with Crippen LogP contribution >= 0.6 is 0 Å². The number of ether oxygens (including phenoxy) is 2. The number of hydrogen-bond donors (Lipinski definition) is 4. The van der Waals surface area contributed by atoms with E-state index in [4.69, 9.17) is 14.7 Å². The fraction of sp³-hybridized carbons (Fsp3) is 0.273. The van der Waals surface area contributed by atoms with E-state index in [0.29, 0.717) is 11.3 Å². The molecule has 1 aromatic rings. The highest BCUT2D eigenvalue weighted by molar-refractivity contribution is 6.09. The molecule has 3 aliphatic heterocycles. The number of nitrogens with zero attached hydrogens (tertiary/aromatic N) is 1. The molecule has 3 atom stereocenters. The Bertz CT molecular complexity index is 1190. The van der Waals surface area contributed by atoms with Crippen LogP contribution in [0.1, 0.15) is 15.9 Å². The van der Waals surface area contributed by atoms with E-state index in [2.05, 4.69) is 10.6 Å². The van der Waals surface area contributed by atoms with Gasteiger partial charge in [-0.2, -0.15) is 0 Å². The van der Waals surface area contributed by atoms with Gasteiger partial charge >= 0.3 is 6.03 Å². The molecule has 170 valence electrons.